The summed E-state index contributed by atoms with van der Waals surface area (Å²) in [6, 6.07) is 5.98. The Bertz CT molecular complexity index is 732. The first-order chi connectivity index (χ1) is 12.6. The Morgan fingerprint density at radius 2 is 2.12 bits per heavy atom. The van der Waals surface area contributed by atoms with Crippen molar-refractivity contribution in [3.8, 4) is 11.5 Å². The maximum absolute atomic E-state index is 9.31. The van der Waals surface area contributed by atoms with E-state index in [1.54, 1.807) is 7.11 Å². The normalized spacial score (nSPS) is 18.1. The first kappa shape index (κ1) is 18.7. The minimum atomic E-state index is -0.0772. The van der Waals surface area contributed by atoms with Crippen LogP contribution in [0.4, 0.5) is 0 Å². The molecular formula is C19H28N4O3. The van der Waals surface area contributed by atoms with Crippen LogP contribution in [0.3, 0.4) is 0 Å². The highest BCUT2D eigenvalue weighted by atomic mass is 16.5. The average Bonchev–Trinajstić information content (AvgIpc) is 3.03. The van der Waals surface area contributed by atoms with Crippen molar-refractivity contribution < 1.29 is 14.6 Å². The fourth-order valence-corrected chi connectivity index (χ4v) is 3.52. The Morgan fingerprint density at radius 1 is 1.27 bits per heavy atom. The van der Waals surface area contributed by atoms with Gasteiger partial charge in [0.05, 0.1) is 7.11 Å². The fourth-order valence-electron chi connectivity index (χ4n) is 3.52. The Balaban J connectivity index is 1.55. The van der Waals surface area contributed by atoms with E-state index in [1.807, 2.05) is 36.7 Å². The molecule has 0 amide bonds. The van der Waals surface area contributed by atoms with Crippen LogP contribution in [0.1, 0.15) is 36.0 Å². The van der Waals surface area contributed by atoms with Gasteiger partial charge in [-0.2, -0.15) is 0 Å². The van der Waals surface area contributed by atoms with E-state index in [0.29, 0.717) is 18.3 Å². The molecule has 1 aliphatic rings. The van der Waals surface area contributed by atoms with Crippen molar-refractivity contribution in [3.63, 3.8) is 0 Å². The number of hydrogen-bond donors (Lipinski definition) is 1. The zero-order chi connectivity index (χ0) is 18.5. The zero-order valence-electron chi connectivity index (χ0n) is 15.8. The van der Waals surface area contributed by atoms with E-state index in [-0.39, 0.29) is 6.61 Å². The molecule has 26 heavy (non-hydrogen) atoms. The predicted molar refractivity (Wildman–Crippen MR) is 98.6 cm³/mol. The van der Waals surface area contributed by atoms with Crippen LogP contribution in [0, 0.1) is 6.92 Å². The molecule has 1 aliphatic heterocycles. The van der Waals surface area contributed by atoms with Gasteiger partial charge in [0, 0.05) is 26.1 Å². The van der Waals surface area contributed by atoms with Gasteiger partial charge in [-0.15, -0.1) is 10.2 Å². The molecule has 0 aliphatic carbocycles. The van der Waals surface area contributed by atoms with Crippen LogP contribution in [-0.4, -0.2) is 58.1 Å². The highest BCUT2D eigenvalue weighted by molar-refractivity contribution is 5.42. The van der Waals surface area contributed by atoms with E-state index in [2.05, 4.69) is 15.1 Å². The van der Waals surface area contributed by atoms with Crippen LogP contribution in [0.2, 0.25) is 0 Å². The van der Waals surface area contributed by atoms with Crippen LogP contribution in [0.5, 0.6) is 11.5 Å². The van der Waals surface area contributed by atoms with Crippen molar-refractivity contribution in [2.24, 2.45) is 7.05 Å². The molecule has 0 spiro atoms. The second kappa shape index (κ2) is 8.51. The molecule has 7 heteroatoms. The lowest BCUT2D eigenvalue weighted by Crippen LogP contribution is -2.37. The lowest BCUT2D eigenvalue weighted by molar-refractivity contribution is 0.164. The summed E-state index contributed by atoms with van der Waals surface area (Å²) in [4.78, 5) is 2.40. The lowest BCUT2D eigenvalue weighted by Gasteiger charge is -2.32. The number of ether oxygens (including phenoxy) is 2. The monoisotopic (exact) mass is 360 g/mol. The molecule has 0 radical (unpaired) electrons. The molecule has 1 saturated heterocycles. The quantitative estimate of drug-likeness (QED) is 0.813. The summed E-state index contributed by atoms with van der Waals surface area (Å²) >= 11 is 0. The number of benzene rings is 1. The van der Waals surface area contributed by atoms with Gasteiger partial charge in [-0.1, -0.05) is 6.07 Å². The number of aliphatic hydroxyl groups excluding tert-OH is 1. The van der Waals surface area contributed by atoms with Gasteiger partial charge in [0.2, 0.25) is 0 Å². The Hall–Kier alpha value is -2.12. The van der Waals surface area contributed by atoms with Crippen LogP contribution in [-0.2, 0) is 13.7 Å². The van der Waals surface area contributed by atoms with Crippen molar-refractivity contribution in [1.82, 2.24) is 19.7 Å². The zero-order valence-corrected chi connectivity index (χ0v) is 15.8. The first-order valence-corrected chi connectivity index (χ1v) is 9.11. The summed E-state index contributed by atoms with van der Waals surface area (Å²) in [5.74, 6) is 3.48. The van der Waals surface area contributed by atoms with Gasteiger partial charge in [0.25, 0.3) is 0 Å². The molecule has 1 N–H and O–H groups in total. The number of nitrogens with zero attached hydrogens (tertiary/aromatic N) is 4. The molecule has 1 fully saturated rings. The maximum atomic E-state index is 9.31. The molecular weight excluding hydrogens is 332 g/mol. The molecule has 0 unspecified atom stereocenters. The van der Waals surface area contributed by atoms with Crippen LogP contribution in [0.25, 0.3) is 0 Å². The molecule has 142 valence electrons. The third-order valence-electron chi connectivity index (χ3n) is 4.99. The third kappa shape index (κ3) is 4.16. The number of likely N-dealkylation sites (tertiary alicyclic amines) is 1. The highest BCUT2D eigenvalue weighted by Gasteiger charge is 2.25. The standard InChI is InChI=1S/C19H28N4O3/c1-14-6-7-16(17(11-14)25-3)26-10-9-23-8-4-5-15(12-23)19-21-20-18(13-24)22(19)2/h6-7,11,15,24H,4-5,8-10,12-13H2,1-3H3/t15-/m1/s1. The lowest BCUT2D eigenvalue weighted by atomic mass is 9.97. The van der Waals surface area contributed by atoms with Crippen molar-refractivity contribution in [2.45, 2.75) is 32.3 Å². The molecule has 2 aromatic rings. The summed E-state index contributed by atoms with van der Waals surface area (Å²) in [6.07, 6.45) is 2.22. The Kier molecular flexibility index (Phi) is 6.11. The summed E-state index contributed by atoms with van der Waals surface area (Å²) in [5, 5.41) is 17.7. The second-order valence-electron chi connectivity index (χ2n) is 6.83. The molecule has 0 saturated carbocycles. The number of aliphatic hydroxyl groups is 1. The number of methoxy groups -OCH3 is 1. The number of rotatable bonds is 7. The summed E-state index contributed by atoms with van der Waals surface area (Å²) < 4.78 is 13.3. The molecule has 1 aromatic carbocycles. The van der Waals surface area contributed by atoms with Crippen LogP contribution in [0.15, 0.2) is 18.2 Å². The van der Waals surface area contributed by atoms with Crippen molar-refractivity contribution in [2.75, 3.05) is 33.4 Å². The number of hydrogen-bond acceptors (Lipinski definition) is 6. The molecule has 0 bridgehead atoms. The third-order valence-corrected chi connectivity index (χ3v) is 4.99. The largest absolute Gasteiger partial charge is 0.493 e. The number of piperidine rings is 1. The highest BCUT2D eigenvalue weighted by Crippen LogP contribution is 2.28. The SMILES string of the molecule is COc1cc(C)ccc1OCCN1CCC[C@@H](c2nnc(CO)n2C)C1. The van der Waals surface area contributed by atoms with Crippen LogP contribution >= 0.6 is 0 Å². The first-order valence-electron chi connectivity index (χ1n) is 9.11. The minimum absolute atomic E-state index is 0.0772. The molecule has 1 aromatic heterocycles. The summed E-state index contributed by atoms with van der Waals surface area (Å²) in [6.45, 7) is 5.44. The number of aromatic nitrogens is 3. The van der Waals surface area contributed by atoms with E-state index in [1.165, 1.54) is 0 Å². The predicted octanol–water partition coefficient (Wildman–Crippen LogP) is 1.88. The van der Waals surface area contributed by atoms with Gasteiger partial charge < -0.3 is 19.1 Å². The van der Waals surface area contributed by atoms with Gasteiger partial charge in [0.1, 0.15) is 19.0 Å². The van der Waals surface area contributed by atoms with E-state index in [9.17, 15) is 5.11 Å². The molecule has 7 nitrogen and oxygen atoms in total. The summed E-state index contributed by atoms with van der Waals surface area (Å²) in [7, 11) is 3.59. The van der Waals surface area contributed by atoms with Gasteiger partial charge in [-0.25, -0.2) is 0 Å². The van der Waals surface area contributed by atoms with E-state index >= 15 is 0 Å². The topological polar surface area (TPSA) is 72.6 Å². The second-order valence-corrected chi connectivity index (χ2v) is 6.83. The van der Waals surface area contributed by atoms with Gasteiger partial charge in [0.15, 0.2) is 17.3 Å². The minimum Gasteiger partial charge on any atom is -0.493 e. The van der Waals surface area contributed by atoms with Gasteiger partial charge in [-0.3, -0.25) is 4.90 Å². The molecule has 3 rings (SSSR count). The van der Waals surface area contributed by atoms with Gasteiger partial charge >= 0.3 is 0 Å². The van der Waals surface area contributed by atoms with Crippen molar-refractivity contribution in [1.29, 1.82) is 0 Å². The fraction of sp³-hybridized carbons (Fsp3) is 0.579. The smallest absolute Gasteiger partial charge is 0.161 e. The Labute approximate surface area is 154 Å². The van der Waals surface area contributed by atoms with Gasteiger partial charge in [-0.05, 0) is 44.0 Å². The van der Waals surface area contributed by atoms with Crippen molar-refractivity contribution in [3.05, 3.63) is 35.4 Å². The maximum Gasteiger partial charge on any atom is 0.161 e. The number of aryl methyl sites for hydroxylation is 1. The van der Waals surface area contributed by atoms with E-state index in [0.717, 1.165) is 55.4 Å². The Morgan fingerprint density at radius 3 is 2.85 bits per heavy atom. The average molecular weight is 360 g/mol. The van der Waals surface area contributed by atoms with Crippen LogP contribution < -0.4 is 9.47 Å². The van der Waals surface area contributed by atoms with Crippen molar-refractivity contribution >= 4 is 0 Å². The van der Waals surface area contributed by atoms with E-state index in [4.69, 9.17) is 9.47 Å². The molecule has 2 heterocycles. The van der Waals surface area contributed by atoms with E-state index < -0.39 is 0 Å². The summed E-state index contributed by atoms with van der Waals surface area (Å²) in [5.41, 5.74) is 1.15. The molecule has 1 atom stereocenters.